The van der Waals surface area contributed by atoms with Crippen molar-refractivity contribution in [2.24, 2.45) is 28.9 Å². The highest BCUT2D eigenvalue weighted by Crippen LogP contribution is 2.30. The SMILES string of the molecule is CC(C)CC1NC(=O)[C@H](CO)NC(=O)[C@@H]2CSSCC(C(N)=O)NC(=O)C(Cc3ccc(O)cc3)NC(=O)[C@H](CC(=O)O)NC(=O)[C@@H]3CCCN3C(=O)[C@H](CC(N)=O)NC(=O)C(CC(N)=O)NC(=O)[C@H](C)NC(=O)[C@H](C)NC(=O)[C@H](CSSC[C@H](NC(=O)CN)C(=O)N2)NC(=O)[C@@H]2CCCN2C(=O)[C@@H]2CCCN2C1=O. The standard InChI is InChI=1S/C65H95N19O22S4/c1-29(2)18-37-63(104)84-17-7-10-46(84)65(106)83-16-6-9-45(83)62(103)81-42-27-110-108-26-41(72-49(89)23-66)59(100)80-43(60(101)78-39(24-85)57(98)76-37)28-109-107-25-40(51(69)92)79-54(95)34(19-32-11-13-33(86)14-12-32)74-56(97)36(22-50(90)91)75-61(102)44-8-5-15-82(44)64(105)38(21-48(68)88)77-55(96)35(20-47(67)87)73-53(94)31(4)70-52(93)30(3)71-58(42)99/h11-14,29-31,34-46,85-86H,5-10,15-28,66H2,1-4H3,(H2,67,87)(H2,68,88)(H2,69,92)(H,70,93)(H,71,99)(H,72,89)(H,73,94)(H,74,97)(H,75,102)(H,76,98)(H,77,96)(H,78,101)(H,79,95)(H,80,100)(H,81,103)(H,90,91)/t30-,31-,34?,35?,36-,37?,38-,39-,40?,41-,42-,43-,44-,45-,46-/m0/s1. The van der Waals surface area contributed by atoms with Crippen molar-refractivity contribution in [2.75, 3.05) is 55.8 Å². The molecule has 1 aromatic rings. The van der Waals surface area contributed by atoms with Crippen LogP contribution < -0.4 is 86.7 Å². The van der Waals surface area contributed by atoms with E-state index < -0.39 is 265 Å². The van der Waals surface area contributed by atoms with Gasteiger partial charge in [-0.15, -0.1) is 0 Å². The maximum Gasteiger partial charge on any atom is 0.305 e. The van der Waals surface area contributed by atoms with Crippen molar-refractivity contribution in [3.05, 3.63) is 29.8 Å². The number of nitrogens with two attached hydrogens (primary N) is 4. The first kappa shape index (κ1) is 89.2. The molecule has 5 aliphatic heterocycles. The second-order valence-corrected chi connectivity index (χ2v) is 32.2. The van der Waals surface area contributed by atoms with Gasteiger partial charge in [-0.3, -0.25) is 91.1 Å². The van der Waals surface area contributed by atoms with Gasteiger partial charge in [0.2, 0.25) is 106 Å². The van der Waals surface area contributed by atoms with Gasteiger partial charge < -0.3 is 117 Å². The summed E-state index contributed by atoms with van der Waals surface area (Å²) in [5, 5.41) is 59.8. The van der Waals surface area contributed by atoms with Crippen LogP contribution in [0.15, 0.2) is 24.3 Å². The lowest BCUT2D eigenvalue weighted by Crippen LogP contribution is -2.61. The van der Waals surface area contributed by atoms with E-state index in [2.05, 4.69) is 63.8 Å². The zero-order valence-corrected chi connectivity index (χ0v) is 63.8. The molecule has 23 N–H and O–H groups in total. The molecule has 0 spiro atoms. The fourth-order valence-electron chi connectivity index (χ4n) is 12.4. The Bertz CT molecular complexity index is 3640. The Hall–Kier alpha value is -9.73. The summed E-state index contributed by atoms with van der Waals surface area (Å²) in [4.78, 5) is 269. The van der Waals surface area contributed by atoms with Crippen molar-refractivity contribution in [1.82, 2.24) is 78.5 Å². The summed E-state index contributed by atoms with van der Waals surface area (Å²) in [6.07, 6.45) is -2.87. The summed E-state index contributed by atoms with van der Waals surface area (Å²) < 4.78 is 0. The van der Waals surface area contributed by atoms with Crippen LogP contribution in [0.25, 0.3) is 0 Å². The van der Waals surface area contributed by atoms with Gasteiger partial charge in [-0.2, -0.15) is 0 Å². The van der Waals surface area contributed by atoms with Gasteiger partial charge in [-0.05, 0) is 82.4 Å². The highest BCUT2D eigenvalue weighted by Gasteiger charge is 2.46. The quantitative estimate of drug-likeness (QED) is 0.0769. The number of carbonyl (C=O) groups is 19. The highest BCUT2D eigenvalue weighted by molar-refractivity contribution is 8.77. The molecule has 0 aliphatic carbocycles. The van der Waals surface area contributed by atoms with Crippen molar-refractivity contribution < 1.29 is 106 Å². The number of aromatic hydroxyl groups is 1. The molecule has 45 heteroatoms. The number of rotatable bonds is 14. The number of benzene rings is 1. The first-order valence-corrected chi connectivity index (χ1v) is 40.2. The van der Waals surface area contributed by atoms with Crippen LogP contribution in [0.2, 0.25) is 0 Å². The molecule has 110 heavy (non-hydrogen) atoms. The largest absolute Gasteiger partial charge is 0.508 e. The predicted molar refractivity (Wildman–Crippen MR) is 395 cm³/mol. The number of amides is 18. The Morgan fingerprint density at radius 3 is 1.45 bits per heavy atom. The number of fused-ring (bicyclic) bond motifs is 11. The van der Waals surface area contributed by atoms with Gasteiger partial charge in [0.15, 0.2) is 0 Å². The van der Waals surface area contributed by atoms with Crippen molar-refractivity contribution in [3.8, 4) is 5.75 Å². The van der Waals surface area contributed by atoms with E-state index in [4.69, 9.17) is 22.9 Å². The van der Waals surface area contributed by atoms with Gasteiger partial charge in [0.05, 0.1) is 32.4 Å². The smallest absolute Gasteiger partial charge is 0.305 e. The Morgan fingerprint density at radius 2 is 0.900 bits per heavy atom. The molecule has 4 unspecified atom stereocenters. The van der Waals surface area contributed by atoms with Gasteiger partial charge in [0, 0.05) is 49.1 Å². The number of carbonyl (C=O) groups excluding carboxylic acids is 18. The molecule has 1 aromatic carbocycles. The fraction of sp³-hybridized carbons (Fsp3) is 0.615. The zero-order valence-electron chi connectivity index (χ0n) is 60.6. The van der Waals surface area contributed by atoms with Crippen molar-refractivity contribution >= 4 is 155 Å². The third-order valence-electron chi connectivity index (χ3n) is 18.1. The molecule has 606 valence electrons. The van der Waals surface area contributed by atoms with E-state index in [0.717, 1.165) is 55.0 Å². The van der Waals surface area contributed by atoms with E-state index >= 15 is 0 Å². The molecule has 2 bridgehead atoms. The number of carboxylic acid groups (broad SMARTS) is 1. The van der Waals surface area contributed by atoms with E-state index in [1.807, 2.05) is 0 Å². The lowest BCUT2D eigenvalue weighted by atomic mass is 10.0. The number of aliphatic carboxylic acids is 1. The first-order chi connectivity index (χ1) is 52.0. The predicted octanol–water partition coefficient (Wildman–Crippen LogP) is -8.74. The monoisotopic (exact) mass is 1620 g/mol. The van der Waals surface area contributed by atoms with Crippen LogP contribution in [0.3, 0.4) is 0 Å². The molecule has 0 saturated carbocycles. The summed E-state index contributed by atoms with van der Waals surface area (Å²) in [5.41, 5.74) is 22.8. The summed E-state index contributed by atoms with van der Waals surface area (Å²) in [6.45, 7) is 3.84. The highest BCUT2D eigenvalue weighted by atomic mass is 33.1. The van der Waals surface area contributed by atoms with Gasteiger partial charge in [0.1, 0.15) is 96.4 Å². The Kier molecular flexibility index (Phi) is 34.4. The van der Waals surface area contributed by atoms with E-state index in [1.54, 1.807) is 13.8 Å². The number of hydrogen-bond acceptors (Lipinski definition) is 26. The molecule has 18 amide bonds. The number of hydrogen-bond donors (Lipinski definition) is 19. The molecule has 5 heterocycles. The van der Waals surface area contributed by atoms with Crippen LogP contribution in [-0.2, 0) is 97.5 Å². The van der Waals surface area contributed by atoms with Crippen LogP contribution in [0.4, 0.5) is 0 Å². The second kappa shape index (κ2) is 42.5. The number of aliphatic hydroxyl groups is 1. The van der Waals surface area contributed by atoms with Gasteiger partial charge in [-0.1, -0.05) is 69.2 Å². The number of nitrogens with zero attached hydrogens (tertiary/aromatic N) is 3. The number of phenolic OH excluding ortho intramolecular Hbond substituents is 1. The van der Waals surface area contributed by atoms with Crippen LogP contribution in [0.1, 0.15) is 97.5 Å². The van der Waals surface area contributed by atoms with E-state index in [-0.39, 0.29) is 69.0 Å². The van der Waals surface area contributed by atoms with E-state index in [1.165, 1.54) is 41.0 Å². The molecule has 5 fully saturated rings. The Morgan fingerprint density at radius 1 is 0.482 bits per heavy atom. The minimum atomic E-state index is -2.05. The number of nitrogens with one attached hydrogen (secondary N) is 12. The number of phenols is 1. The van der Waals surface area contributed by atoms with Crippen molar-refractivity contribution in [1.29, 1.82) is 0 Å². The maximum atomic E-state index is 14.7. The van der Waals surface area contributed by atoms with E-state index in [9.17, 15) is 106 Å². The minimum Gasteiger partial charge on any atom is -0.508 e. The van der Waals surface area contributed by atoms with Gasteiger partial charge in [-0.25, -0.2) is 0 Å². The van der Waals surface area contributed by atoms with Crippen molar-refractivity contribution in [3.63, 3.8) is 0 Å². The minimum absolute atomic E-state index is 0.0289. The molecule has 0 aromatic heterocycles. The first-order valence-electron chi connectivity index (χ1n) is 35.2. The Balaban J connectivity index is 1.44. The van der Waals surface area contributed by atoms with Crippen LogP contribution >= 0.6 is 43.2 Å². The summed E-state index contributed by atoms with van der Waals surface area (Å²) in [6, 6.07) is -19.5. The normalized spacial score (nSPS) is 28.7. The number of primary amides is 3. The molecule has 5 saturated heterocycles. The molecular formula is C65H95N19O22S4. The molecule has 15 atom stereocenters. The van der Waals surface area contributed by atoms with Crippen molar-refractivity contribution in [2.45, 2.75) is 189 Å². The summed E-state index contributed by atoms with van der Waals surface area (Å²) >= 11 is 0. The Labute approximate surface area is 646 Å². The maximum absolute atomic E-state index is 14.7. The molecule has 0 radical (unpaired) electrons. The van der Waals surface area contributed by atoms with Crippen LogP contribution in [0, 0.1) is 5.92 Å². The molecule has 41 nitrogen and oxygen atoms in total. The average Bonchev–Trinajstić information content (AvgIpc) is 1.63. The van der Waals surface area contributed by atoms with Gasteiger partial charge in [0.25, 0.3) is 0 Å². The molecular weight excluding hydrogens is 1530 g/mol. The van der Waals surface area contributed by atoms with E-state index in [0.29, 0.717) is 12.8 Å². The topological polar surface area (TPSA) is 643 Å². The molecule has 5 aliphatic rings. The van der Waals surface area contributed by atoms with Gasteiger partial charge >= 0.3 is 5.97 Å². The molecule has 6 rings (SSSR count). The number of aliphatic hydroxyl groups excluding tert-OH is 1. The third kappa shape index (κ3) is 26.2. The third-order valence-corrected chi connectivity index (χ3v) is 22.9. The lowest BCUT2D eigenvalue weighted by molar-refractivity contribution is -0.148. The summed E-state index contributed by atoms with van der Waals surface area (Å²) in [7, 11) is 3.23. The van der Waals surface area contributed by atoms with Crippen LogP contribution in [-0.4, -0.2) is 289 Å². The number of carboxylic acids is 1. The second-order valence-electron chi connectivity index (χ2n) is 27.1. The fourth-order valence-corrected chi connectivity index (χ4v) is 17.0. The summed E-state index contributed by atoms with van der Waals surface area (Å²) in [5.74, 6) is -23.2. The van der Waals surface area contributed by atoms with Crippen LogP contribution in [0.5, 0.6) is 5.75 Å². The zero-order chi connectivity index (χ0) is 81.4. The average molecular weight is 1620 g/mol. The lowest BCUT2D eigenvalue weighted by Gasteiger charge is -2.34.